The van der Waals surface area contributed by atoms with Gasteiger partial charge in [-0.2, -0.15) is 0 Å². The lowest BCUT2D eigenvalue weighted by molar-refractivity contribution is 0.272. The summed E-state index contributed by atoms with van der Waals surface area (Å²) in [5.74, 6) is 0. The fourth-order valence-corrected chi connectivity index (χ4v) is 0. The molecule has 12 heteroatoms. The minimum atomic E-state index is -4.64. The molecule has 0 bridgehead atoms. The van der Waals surface area contributed by atoms with Crippen LogP contribution < -0.4 is 0 Å². The SMILES string of the molecule is C.C.C.F.F.O=P(O)(O)O.O=P(O)(O)O. The average Bonchev–Trinajstić information content (AvgIpc) is 1.12. The molecule has 0 heterocycles. The first-order chi connectivity index (χ1) is 4.00. The van der Waals surface area contributed by atoms with Gasteiger partial charge in [-0.1, -0.05) is 22.3 Å². The van der Waals surface area contributed by atoms with Gasteiger partial charge in [0.15, 0.2) is 0 Å². The summed E-state index contributed by atoms with van der Waals surface area (Å²) in [7, 11) is -9.28. The van der Waals surface area contributed by atoms with Crippen molar-refractivity contribution >= 4 is 15.6 Å². The summed E-state index contributed by atoms with van der Waals surface area (Å²) < 4.78 is 17.8. The van der Waals surface area contributed by atoms with Crippen LogP contribution in [0.4, 0.5) is 9.41 Å². The van der Waals surface area contributed by atoms with Crippen molar-refractivity contribution in [1.82, 2.24) is 0 Å². The van der Waals surface area contributed by atoms with Crippen LogP contribution in [0.3, 0.4) is 0 Å². The predicted molar refractivity (Wildman–Crippen MR) is 53.7 cm³/mol. The molecule has 0 aromatic carbocycles. The first kappa shape index (κ1) is 45.8. The number of phosphoric acid groups is 2. The molecule has 0 saturated carbocycles. The van der Waals surface area contributed by atoms with E-state index in [9.17, 15) is 0 Å². The van der Waals surface area contributed by atoms with Gasteiger partial charge in [0.1, 0.15) is 0 Å². The van der Waals surface area contributed by atoms with Crippen molar-refractivity contribution in [1.29, 1.82) is 0 Å². The molecule has 0 atom stereocenters. The molecule has 0 fully saturated rings. The lowest BCUT2D eigenvalue weighted by Crippen LogP contribution is -1.66. The molecule has 0 spiro atoms. The standard InChI is InChI=1S/3CH4.2FH.2H3O4P/c;;;;;2*1-5(2,3)4/h3*1H4;2*1H;2*(H3,1,2,3,4). The van der Waals surface area contributed by atoms with Gasteiger partial charge in [0, 0.05) is 0 Å². The number of rotatable bonds is 0. The first-order valence-electron chi connectivity index (χ1n) is 1.57. The van der Waals surface area contributed by atoms with Crippen LogP contribution in [-0.4, -0.2) is 29.4 Å². The maximum Gasteiger partial charge on any atom is 0.466 e. The van der Waals surface area contributed by atoms with E-state index in [0.29, 0.717) is 0 Å². The second-order valence-electron chi connectivity index (χ2n) is 1.03. The van der Waals surface area contributed by atoms with Gasteiger partial charge in [-0.15, -0.1) is 0 Å². The highest BCUT2D eigenvalue weighted by molar-refractivity contribution is 7.45. The summed E-state index contributed by atoms with van der Waals surface area (Å²) in [6.45, 7) is 0. The fraction of sp³-hybridized carbons (Fsp3) is 1.00. The highest BCUT2D eigenvalue weighted by Gasteiger charge is 2.00. The largest absolute Gasteiger partial charge is 0.466 e. The van der Waals surface area contributed by atoms with E-state index in [0.717, 1.165) is 0 Å². The second kappa shape index (κ2) is 16.5. The van der Waals surface area contributed by atoms with E-state index in [-0.39, 0.29) is 31.7 Å². The normalized spacial score (nSPS) is 7.87. The Labute approximate surface area is 86.8 Å². The summed E-state index contributed by atoms with van der Waals surface area (Å²) in [6.07, 6.45) is 0. The van der Waals surface area contributed by atoms with Crippen molar-refractivity contribution in [2.75, 3.05) is 0 Å². The highest BCUT2D eigenvalue weighted by Crippen LogP contribution is 2.26. The highest BCUT2D eigenvalue weighted by atomic mass is 31.2. The number of hydrogen-bond acceptors (Lipinski definition) is 2. The Morgan fingerprint density at radius 2 is 0.533 bits per heavy atom. The fourth-order valence-electron chi connectivity index (χ4n) is 0. The number of halogens is 2. The minimum absolute atomic E-state index is 0. The van der Waals surface area contributed by atoms with Crippen LogP contribution in [0, 0.1) is 0 Å². The summed E-state index contributed by atoms with van der Waals surface area (Å²) in [4.78, 5) is 43.1. The van der Waals surface area contributed by atoms with Gasteiger partial charge in [-0.05, 0) is 0 Å². The Morgan fingerprint density at radius 1 is 0.533 bits per heavy atom. The summed E-state index contributed by atoms with van der Waals surface area (Å²) in [5.41, 5.74) is 0. The van der Waals surface area contributed by atoms with Gasteiger partial charge >= 0.3 is 15.6 Å². The average molecular weight is 284 g/mol. The Hall–Kier alpha value is 0.0800. The number of hydrogen-bond donors (Lipinski definition) is 6. The molecule has 6 N–H and O–H groups in total. The molecule has 104 valence electrons. The maximum atomic E-state index is 8.88. The van der Waals surface area contributed by atoms with Crippen molar-refractivity contribution in [2.24, 2.45) is 0 Å². The molecule has 0 amide bonds. The third kappa shape index (κ3) is 321000. The molecule has 0 rings (SSSR count). The maximum absolute atomic E-state index is 8.88. The molecule has 0 aliphatic rings. The molecular weight excluding hydrogens is 264 g/mol. The van der Waals surface area contributed by atoms with Crippen molar-refractivity contribution in [3.63, 3.8) is 0 Å². The third-order valence-electron chi connectivity index (χ3n) is 0. The summed E-state index contributed by atoms with van der Waals surface area (Å²) >= 11 is 0. The molecule has 0 aromatic heterocycles. The van der Waals surface area contributed by atoms with E-state index >= 15 is 0 Å². The molecule has 0 aliphatic carbocycles. The molecule has 8 nitrogen and oxygen atoms in total. The molecule has 0 aliphatic heterocycles. The van der Waals surface area contributed by atoms with Crippen molar-refractivity contribution in [2.45, 2.75) is 22.3 Å². The minimum Gasteiger partial charge on any atom is -0.303 e. The zero-order chi connectivity index (χ0) is 9.00. The zero-order valence-electron chi connectivity index (χ0n) is 5.21. The van der Waals surface area contributed by atoms with Crippen LogP contribution in [0.5, 0.6) is 0 Å². The van der Waals surface area contributed by atoms with Gasteiger partial charge in [0.2, 0.25) is 0 Å². The van der Waals surface area contributed by atoms with Gasteiger partial charge in [-0.25, -0.2) is 9.13 Å². The van der Waals surface area contributed by atoms with Crippen molar-refractivity contribution in [3.05, 3.63) is 0 Å². The molecular formula is C3H20F2O8P2. The second-order valence-corrected chi connectivity index (χ2v) is 3.08. The van der Waals surface area contributed by atoms with Crippen molar-refractivity contribution in [3.8, 4) is 0 Å². The smallest absolute Gasteiger partial charge is 0.303 e. The van der Waals surface area contributed by atoms with Crippen LogP contribution >= 0.6 is 15.6 Å². The van der Waals surface area contributed by atoms with Crippen LogP contribution in [-0.2, 0) is 9.13 Å². The zero-order valence-corrected chi connectivity index (χ0v) is 7.00. The first-order valence-corrected chi connectivity index (χ1v) is 4.70. The Balaban J connectivity index is -0.0000000128. The van der Waals surface area contributed by atoms with Gasteiger partial charge in [-0.3, -0.25) is 9.41 Å². The molecule has 15 heavy (non-hydrogen) atoms. The third-order valence-corrected chi connectivity index (χ3v) is 0. The lowest BCUT2D eigenvalue weighted by atomic mass is 12.0. The van der Waals surface area contributed by atoms with E-state index < -0.39 is 15.6 Å². The van der Waals surface area contributed by atoms with Crippen molar-refractivity contribution < 1.29 is 47.9 Å². The molecule has 0 radical (unpaired) electrons. The van der Waals surface area contributed by atoms with Crippen LogP contribution in [0.15, 0.2) is 0 Å². The monoisotopic (exact) mass is 284 g/mol. The quantitative estimate of drug-likeness (QED) is 0.348. The Kier molecular flexibility index (Phi) is 50.4. The van der Waals surface area contributed by atoms with Gasteiger partial charge < -0.3 is 29.4 Å². The summed E-state index contributed by atoms with van der Waals surface area (Å²) in [5, 5.41) is 0. The van der Waals surface area contributed by atoms with Crippen LogP contribution in [0.25, 0.3) is 0 Å². The van der Waals surface area contributed by atoms with E-state index in [4.69, 9.17) is 38.5 Å². The Morgan fingerprint density at radius 3 is 0.533 bits per heavy atom. The van der Waals surface area contributed by atoms with Crippen LogP contribution in [0.1, 0.15) is 22.3 Å². The topological polar surface area (TPSA) is 156 Å². The molecule has 0 unspecified atom stereocenters. The van der Waals surface area contributed by atoms with E-state index in [1.165, 1.54) is 0 Å². The molecule has 0 aromatic rings. The lowest BCUT2D eigenvalue weighted by Gasteiger charge is -1.82. The van der Waals surface area contributed by atoms with E-state index in [2.05, 4.69) is 0 Å². The van der Waals surface area contributed by atoms with Crippen LogP contribution in [0.2, 0.25) is 0 Å². The Bertz CT molecular complexity index is 138. The van der Waals surface area contributed by atoms with Gasteiger partial charge in [0.05, 0.1) is 0 Å². The van der Waals surface area contributed by atoms with Gasteiger partial charge in [0.25, 0.3) is 0 Å². The summed E-state index contributed by atoms with van der Waals surface area (Å²) in [6, 6.07) is 0. The predicted octanol–water partition coefficient (Wildman–Crippen LogP) is 0.356. The van der Waals surface area contributed by atoms with E-state index in [1.54, 1.807) is 0 Å². The molecule has 0 saturated heterocycles. The van der Waals surface area contributed by atoms with E-state index in [1.807, 2.05) is 0 Å².